The summed E-state index contributed by atoms with van der Waals surface area (Å²) in [7, 11) is 2.03. The van der Waals surface area contributed by atoms with Crippen molar-refractivity contribution >= 4 is 11.0 Å². The normalized spacial score (nSPS) is 11.1. The molecule has 0 radical (unpaired) electrons. The summed E-state index contributed by atoms with van der Waals surface area (Å²) in [5.74, 6) is 1.38. The van der Waals surface area contributed by atoms with Gasteiger partial charge in [0.15, 0.2) is 0 Å². The van der Waals surface area contributed by atoms with Gasteiger partial charge in [0.2, 0.25) is 0 Å². The minimum absolute atomic E-state index is 0.280. The summed E-state index contributed by atoms with van der Waals surface area (Å²) in [6.45, 7) is 2.18. The Morgan fingerprint density at radius 1 is 1.40 bits per heavy atom. The van der Waals surface area contributed by atoms with Gasteiger partial charge >= 0.3 is 0 Å². The molecular weight excluding hydrogens is 188 g/mol. The summed E-state index contributed by atoms with van der Waals surface area (Å²) in [5.41, 5.74) is 1.96. The first kappa shape index (κ1) is 10.0. The SMILES string of the molecule is CCCCc1nc2cc(O)ccc2n1C. The zero-order valence-electron chi connectivity index (χ0n) is 9.20. The third-order valence-corrected chi connectivity index (χ3v) is 2.71. The van der Waals surface area contributed by atoms with Crippen LogP contribution in [0.25, 0.3) is 11.0 Å². The molecule has 0 atom stereocenters. The van der Waals surface area contributed by atoms with Crippen LogP contribution in [0.3, 0.4) is 0 Å². The average Bonchev–Trinajstić information content (AvgIpc) is 2.52. The predicted octanol–water partition coefficient (Wildman–Crippen LogP) is 2.62. The van der Waals surface area contributed by atoms with E-state index >= 15 is 0 Å². The van der Waals surface area contributed by atoms with Gasteiger partial charge in [-0.2, -0.15) is 0 Å². The van der Waals surface area contributed by atoms with E-state index in [4.69, 9.17) is 0 Å². The molecule has 0 saturated carbocycles. The van der Waals surface area contributed by atoms with Crippen LogP contribution in [-0.4, -0.2) is 14.7 Å². The molecule has 15 heavy (non-hydrogen) atoms. The second kappa shape index (κ2) is 3.93. The first-order valence-corrected chi connectivity index (χ1v) is 5.36. The van der Waals surface area contributed by atoms with Crippen molar-refractivity contribution in [2.75, 3.05) is 0 Å². The van der Waals surface area contributed by atoms with E-state index in [1.165, 1.54) is 6.42 Å². The van der Waals surface area contributed by atoms with Crippen molar-refractivity contribution in [2.24, 2.45) is 7.05 Å². The van der Waals surface area contributed by atoms with Gasteiger partial charge < -0.3 is 9.67 Å². The van der Waals surface area contributed by atoms with E-state index < -0.39 is 0 Å². The number of aromatic nitrogens is 2. The third kappa shape index (κ3) is 1.82. The van der Waals surface area contributed by atoms with Crippen molar-refractivity contribution in [1.29, 1.82) is 0 Å². The number of phenols is 1. The second-order valence-electron chi connectivity index (χ2n) is 3.86. The van der Waals surface area contributed by atoms with Crippen molar-refractivity contribution in [3.63, 3.8) is 0 Å². The summed E-state index contributed by atoms with van der Waals surface area (Å²) in [6.07, 6.45) is 3.33. The topological polar surface area (TPSA) is 38.1 Å². The van der Waals surface area contributed by atoms with Gasteiger partial charge in [0.1, 0.15) is 11.6 Å². The fraction of sp³-hybridized carbons (Fsp3) is 0.417. The molecule has 0 unspecified atom stereocenters. The van der Waals surface area contributed by atoms with Gasteiger partial charge in [0, 0.05) is 19.5 Å². The largest absolute Gasteiger partial charge is 0.508 e. The Morgan fingerprint density at radius 2 is 2.20 bits per heavy atom. The summed E-state index contributed by atoms with van der Waals surface area (Å²) in [5, 5.41) is 9.36. The maximum absolute atomic E-state index is 9.36. The number of rotatable bonds is 3. The van der Waals surface area contributed by atoms with E-state index in [9.17, 15) is 5.11 Å². The number of imidazole rings is 1. The summed E-state index contributed by atoms with van der Waals surface area (Å²) < 4.78 is 2.10. The molecule has 0 aliphatic rings. The molecular formula is C12H16N2O. The first-order chi connectivity index (χ1) is 7.22. The van der Waals surface area contributed by atoms with Crippen molar-refractivity contribution in [3.8, 4) is 5.75 Å². The van der Waals surface area contributed by atoms with Crippen LogP contribution in [-0.2, 0) is 13.5 Å². The molecule has 3 nitrogen and oxygen atoms in total. The van der Waals surface area contributed by atoms with Crippen LogP contribution in [0.15, 0.2) is 18.2 Å². The Balaban J connectivity index is 2.44. The quantitative estimate of drug-likeness (QED) is 0.834. The molecule has 0 aliphatic heterocycles. The Hall–Kier alpha value is -1.51. The number of hydrogen-bond acceptors (Lipinski definition) is 2. The molecule has 2 aromatic rings. The highest BCUT2D eigenvalue weighted by Gasteiger charge is 2.07. The Morgan fingerprint density at radius 3 is 2.93 bits per heavy atom. The van der Waals surface area contributed by atoms with Crippen molar-refractivity contribution < 1.29 is 5.11 Å². The Bertz CT molecular complexity index is 474. The number of aromatic hydroxyl groups is 1. The van der Waals surface area contributed by atoms with E-state index in [0.29, 0.717) is 0 Å². The zero-order chi connectivity index (χ0) is 10.8. The Kier molecular flexibility index (Phi) is 2.62. The van der Waals surface area contributed by atoms with Crippen molar-refractivity contribution in [3.05, 3.63) is 24.0 Å². The number of hydrogen-bond donors (Lipinski definition) is 1. The van der Waals surface area contributed by atoms with Crippen LogP contribution < -0.4 is 0 Å². The average molecular weight is 204 g/mol. The molecule has 80 valence electrons. The molecule has 1 aromatic carbocycles. The van der Waals surface area contributed by atoms with Gasteiger partial charge in [0.05, 0.1) is 11.0 Å². The summed E-state index contributed by atoms with van der Waals surface area (Å²) >= 11 is 0. The van der Waals surface area contributed by atoms with E-state index in [1.54, 1.807) is 12.1 Å². The highest BCUT2D eigenvalue weighted by atomic mass is 16.3. The second-order valence-corrected chi connectivity index (χ2v) is 3.86. The summed E-state index contributed by atoms with van der Waals surface area (Å²) in [6, 6.07) is 5.32. The van der Waals surface area contributed by atoms with Crippen molar-refractivity contribution in [1.82, 2.24) is 9.55 Å². The maximum Gasteiger partial charge on any atom is 0.117 e. The highest BCUT2D eigenvalue weighted by molar-refractivity contribution is 5.77. The minimum Gasteiger partial charge on any atom is -0.508 e. The molecule has 0 saturated heterocycles. The first-order valence-electron chi connectivity index (χ1n) is 5.36. The van der Waals surface area contributed by atoms with Crippen LogP contribution in [0.2, 0.25) is 0 Å². The molecule has 1 N–H and O–H groups in total. The molecule has 0 amide bonds. The fourth-order valence-electron chi connectivity index (χ4n) is 1.80. The van der Waals surface area contributed by atoms with Crippen LogP contribution in [0.4, 0.5) is 0 Å². The number of benzene rings is 1. The van der Waals surface area contributed by atoms with Gasteiger partial charge in [-0.25, -0.2) is 4.98 Å². The zero-order valence-corrected chi connectivity index (χ0v) is 9.20. The van der Waals surface area contributed by atoms with Crippen LogP contribution in [0.1, 0.15) is 25.6 Å². The molecule has 1 aromatic heterocycles. The fourth-order valence-corrected chi connectivity index (χ4v) is 1.80. The van der Waals surface area contributed by atoms with E-state index in [2.05, 4.69) is 16.5 Å². The lowest BCUT2D eigenvalue weighted by molar-refractivity contribution is 0.476. The number of nitrogens with zero attached hydrogens (tertiary/aromatic N) is 2. The molecule has 0 fully saturated rings. The molecule has 3 heteroatoms. The van der Waals surface area contributed by atoms with Crippen molar-refractivity contribution in [2.45, 2.75) is 26.2 Å². The lowest BCUT2D eigenvalue weighted by atomic mass is 10.2. The highest BCUT2D eigenvalue weighted by Crippen LogP contribution is 2.20. The van der Waals surface area contributed by atoms with E-state index in [-0.39, 0.29) is 5.75 Å². The van der Waals surface area contributed by atoms with Gasteiger partial charge in [-0.05, 0) is 18.6 Å². The van der Waals surface area contributed by atoms with Gasteiger partial charge in [-0.3, -0.25) is 0 Å². The smallest absolute Gasteiger partial charge is 0.117 e. The molecule has 0 bridgehead atoms. The number of fused-ring (bicyclic) bond motifs is 1. The predicted molar refractivity (Wildman–Crippen MR) is 61.0 cm³/mol. The van der Waals surface area contributed by atoms with E-state index in [1.807, 2.05) is 13.1 Å². The number of phenolic OH excluding ortho intramolecular Hbond substituents is 1. The molecule has 1 heterocycles. The third-order valence-electron chi connectivity index (χ3n) is 2.71. The van der Waals surface area contributed by atoms with E-state index in [0.717, 1.165) is 29.7 Å². The molecule has 2 rings (SSSR count). The van der Waals surface area contributed by atoms with Crippen LogP contribution >= 0.6 is 0 Å². The lowest BCUT2D eigenvalue weighted by Crippen LogP contribution is -1.97. The van der Waals surface area contributed by atoms with Crippen LogP contribution in [0, 0.1) is 0 Å². The monoisotopic (exact) mass is 204 g/mol. The maximum atomic E-state index is 9.36. The summed E-state index contributed by atoms with van der Waals surface area (Å²) in [4.78, 5) is 4.51. The minimum atomic E-state index is 0.280. The van der Waals surface area contributed by atoms with Gasteiger partial charge in [0.25, 0.3) is 0 Å². The number of aryl methyl sites for hydroxylation is 2. The van der Waals surface area contributed by atoms with Gasteiger partial charge in [-0.1, -0.05) is 13.3 Å². The van der Waals surface area contributed by atoms with Crippen LogP contribution in [0.5, 0.6) is 5.75 Å². The number of unbranched alkanes of at least 4 members (excludes halogenated alkanes) is 1. The molecule has 0 spiro atoms. The Labute approximate surface area is 89.4 Å². The standard InChI is InChI=1S/C12H16N2O/c1-3-4-5-12-13-10-8-9(15)6-7-11(10)14(12)2/h6-8,15H,3-5H2,1-2H3. The molecule has 0 aliphatic carbocycles. The van der Waals surface area contributed by atoms with Gasteiger partial charge in [-0.15, -0.1) is 0 Å². The lowest BCUT2D eigenvalue weighted by Gasteiger charge is -2.00.